The van der Waals surface area contributed by atoms with Crippen molar-refractivity contribution in [2.24, 2.45) is 0 Å². The van der Waals surface area contributed by atoms with Crippen LogP contribution in [0.1, 0.15) is 104 Å². The number of nitrogens with two attached hydrogens (primary N) is 1. The van der Waals surface area contributed by atoms with Gasteiger partial charge in [0.15, 0.2) is 0 Å². The molecule has 7 N–H and O–H groups in total. The Labute approximate surface area is 539 Å². The molecule has 8 rings (SSSR count). The topological polar surface area (TPSA) is 260 Å². The maximum Gasteiger partial charge on any atom is 0.356 e. The van der Waals surface area contributed by atoms with E-state index < -0.39 is 11.9 Å². The van der Waals surface area contributed by atoms with Crippen LogP contribution < -0.4 is 32.6 Å². The van der Waals surface area contributed by atoms with Gasteiger partial charge < -0.3 is 36.0 Å². The molecule has 89 heavy (non-hydrogen) atoms. The predicted molar refractivity (Wildman–Crippen MR) is 353 cm³/mol. The molecule has 0 atom stereocenters. The number of aldehydes is 1. The van der Waals surface area contributed by atoms with Crippen molar-refractivity contribution in [1.82, 2.24) is 30.9 Å². The fourth-order valence-corrected chi connectivity index (χ4v) is 8.55. The lowest BCUT2D eigenvalue weighted by Crippen LogP contribution is -2.24. The van der Waals surface area contributed by atoms with Crippen LogP contribution in [0.3, 0.4) is 0 Å². The van der Waals surface area contributed by atoms with Gasteiger partial charge in [-0.05, 0) is 178 Å². The predicted octanol–water partition coefficient (Wildman–Crippen LogP) is 13.4. The molecule has 0 fully saturated rings. The molecule has 0 aliphatic rings. The number of rotatable bonds is 26. The standard InChI is InChI=1S/2C17H20ClN3O2.C16H17ClN2O2.C9H9ClO.C7H8N2O2/c2*1-2-23-21-17(22)16-12-15(8-10-20-16)19-9-4-6-13-5-3-7-14(18)11-13;1-21-16(20)15-11-14(7-9-19-15)18-8-3-5-12-4-2-6-13(17)10-12;10-9-5-1-3-8(7-9)4-2-6-11;1-11-7(10)6-4-5(8)2-3-9-6/h2*3,5,7-8,10-12H,2,4,6,9H2,1H3,(H,19,20)(H,21,22);2,4,6-7,9-11H,3,5,8H2,1H3,(H,18,19);1,3,5-7H,2,4H2;2-4H,1H3,(H2,8,9). The molecule has 0 aliphatic carbocycles. The molecule has 0 unspecified atom stereocenters. The number of carbonyl (C=O) groups excluding carboxylic acids is 5. The number of hydrogen-bond acceptors (Lipinski definition) is 17. The van der Waals surface area contributed by atoms with Crippen LogP contribution in [0.25, 0.3) is 0 Å². The van der Waals surface area contributed by atoms with Crippen LogP contribution in [0.5, 0.6) is 0 Å². The maximum absolute atomic E-state index is 11.8. The zero-order valence-electron chi connectivity index (χ0n) is 50.0. The van der Waals surface area contributed by atoms with Gasteiger partial charge >= 0.3 is 11.9 Å². The number of halogens is 4. The van der Waals surface area contributed by atoms with Crippen molar-refractivity contribution >= 4 is 99.2 Å². The Kier molecular flexibility index (Phi) is 35.2. The zero-order chi connectivity index (χ0) is 64.4. The van der Waals surface area contributed by atoms with Crippen LogP contribution in [0.2, 0.25) is 20.1 Å². The number of aryl methyl sites for hydroxylation is 4. The van der Waals surface area contributed by atoms with Gasteiger partial charge in [-0.3, -0.25) is 29.2 Å². The summed E-state index contributed by atoms with van der Waals surface area (Å²) in [6.45, 7) is 6.81. The second-order valence-corrected chi connectivity index (χ2v) is 20.5. The largest absolute Gasteiger partial charge is 0.464 e. The molecular formula is C66H74Cl4N10O9. The normalized spacial score (nSPS) is 10.1. The second kappa shape index (κ2) is 43.0. The first-order chi connectivity index (χ1) is 43.1. The van der Waals surface area contributed by atoms with E-state index in [1.54, 1.807) is 56.7 Å². The summed E-state index contributed by atoms with van der Waals surface area (Å²) in [6.07, 6.45) is 14.2. The molecule has 0 spiro atoms. The first-order valence-corrected chi connectivity index (χ1v) is 29.9. The summed E-state index contributed by atoms with van der Waals surface area (Å²) in [5.74, 6) is -1.61. The highest BCUT2D eigenvalue weighted by Gasteiger charge is 2.11. The lowest BCUT2D eigenvalue weighted by atomic mass is 10.1. The first-order valence-electron chi connectivity index (χ1n) is 28.4. The van der Waals surface area contributed by atoms with E-state index >= 15 is 0 Å². The number of benzene rings is 4. The number of methoxy groups -OCH3 is 2. The molecule has 0 bridgehead atoms. The highest BCUT2D eigenvalue weighted by molar-refractivity contribution is 6.31. The van der Waals surface area contributed by atoms with E-state index in [1.165, 1.54) is 43.2 Å². The molecule has 8 aromatic rings. The Bertz CT molecular complexity index is 3330. The van der Waals surface area contributed by atoms with Gasteiger partial charge in [-0.25, -0.2) is 30.5 Å². The number of nitrogen functional groups attached to an aromatic ring is 1. The summed E-state index contributed by atoms with van der Waals surface area (Å²) in [4.78, 5) is 81.3. The SMILES string of the molecule is CCONC(=O)c1cc(NCCCc2cccc(Cl)c2)ccn1.CCONC(=O)c1cc(NCCCc2cccc(Cl)c2)ccn1.COC(=O)c1cc(N)ccn1.COC(=O)c1cc(NCCCc2cccc(Cl)c2)ccn1.O=CCCc1cccc(Cl)c1. The molecule has 2 amide bonds. The summed E-state index contributed by atoms with van der Waals surface area (Å²) in [5.41, 5.74) is 19.1. The minimum absolute atomic E-state index is 0.229. The minimum Gasteiger partial charge on any atom is -0.464 e. The number of esters is 2. The Morgan fingerprint density at radius 1 is 0.449 bits per heavy atom. The maximum atomic E-state index is 11.8. The van der Waals surface area contributed by atoms with Crippen LogP contribution >= 0.6 is 46.4 Å². The first kappa shape index (κ1) is 72.8. The van der Waals surface area contributed by atoms with E-state index in [-0.39, 0.29) is 17.5 Å². The summed E-state index contributed by atoms with van der Waals surface area (Å²) < 4.78 is 9.08. The number of amides is 2. The molecule has 470 valence electrons. The van der Waals surface area contributed by atoms with Crippen molar-refractivity contribution in [2.75, 3.05) is 68.8 Å². The van der Waals surface area contributed by atoms with Gasteiger partial charge in [0, 0.05) is 93.7 Å². The quantitative estimate of drug-likeness (QED) is 0.0127. The lowest BCUT2D eigenvalue weighted by Gasteiger charge is -2.08. The number of nitrogens with zero attached hydrogens (tertiary/aromatic N) is 4. The highest BCUT2D eigenvalue weighted by atomic mass is 35.5. The fourth-order valence-electron chi connectivity index (χ4n) is 7.70. The van der Waals surface area contributed by atoms with Crippen molar-refractivity contribution in [2.45, 2.75) is 65.2 Å². The van der Waals surface area contributed by atoms with E-state index in [2.05, 4.69) is 74.5 Å². The number of hydroxylamine groups is 2. The summed E-state index contributed by atoms with van der Waals surface area (Å²) in [5, 5.41) is 12.9. The molecular weight excluding hydrogens is 1220 g/mol. The molecule has 4 aromatic carbocycles. The van der Waals surface area contributed by atoms with E-state index in [4.69, 9.17) is 61.8 Å². The third-order valence-corrected chi connectivity index (χ3v) is 12.9. The molecule has 0 aliphatic heterocycles. The van der Waals surface area contributed by atoms with Crippen molar-refractivity contribution < 1.29 is 43.1 Å². The molecule has 0 saturated heterocycles. The Hall–Kier alpha value is -8.69. The van der Waals surface area contributed by atoms with Crippen molar-refractivity contribution in [3.05, 3.63) is 236 Å². The van der Waals surface area contributed by atoms with Gasteiger partial charge in [0.2, 0.25) is 0 Å². The Morgan fingerprint density at radius 3 is 1.10 bits per heavy atom. The summed E-state index contributed by atoms with van der Waals surface area (Å²) >= 11 is 23.6. The third-order valence-electron chi connectivity index (χ3n) is 12.0. The highest BCUT2D eigenvalue weighted by Crippen LogP contribution is 2.17. The number of anilines is 4. The zero-order valence-corrected chi connectivity index (χ0v) is 53.0. The average molecular weight is 1290 g/mol. The molecule has 19 nitrogen and oxygen atoms in total. The minimum atomic E-state index is -0.475. The Balaban J connectivity index is 0.000000245. The van der Waals surface area contributed by atoms with E-state index in [9.17, 15) is 24.0 Å². The van der Waals surface area contributed by atoms with Crippen LogP contribution in [0.15, 0.2) is 170 Å². The molecule has 4 aromatic heterocycles. The monoisotopic (exact) mass is 1290 g/mol. The van der Waals surface area contributed by atoms with Crippen molar-refractivity contribution in [3.63, 3.8) is 0 Å². The van der Waals surface area contributed by atoms with E-state index in [0.29, 0.717) is 42.4 Å². The number of hydrogen-bond donors (Lipinski definition) is 6. The van der Waals surface area contributed by atoms with Gasteiger partial charge in [0.05, 0.1) is 27.4 Å². The number of ether oxygens (including phenoxy) is 2. The summed E-state index contributed by atoms with van der Waals surface area (Å²) in [6, 6.07) is 44.8. The van der Waals surface area contributed by atoms with Gasteiger partial charge in [-0.2, -0.15) is 0 Å². The molecule has 23 heteroatoms. The van der Waals surface area contributed by atoms with Gasteiger partial charge in [0.25, 0.3) is 11.8 Å². The second-order valence-electron chi connectivity index (χ2n) is 18.8. The molecule has 0 saturated carbocycles. The van der Waals surface area contributed by atoms with E-state index in [0.717, 1.165) is 114 Å². The number of nitrogens with one attached hydrogen (secondary N) is 5. The fraction of sp³-hybridized carbons (Fsp3) is 0.258. The van der Waals surface area contributed by atoms with E-state index in [1.807, 2.05) is 97.1 Å². The third kappa shape index (κ3) is 30.7. The van der Waals surface area contributed by atoms with Crippen LogP contribution in [0.4, 0.5) is 22.7 Å². The van der Waals surface area contributed by atoms with Gasteiger partial charge in [-0.1, -0.05) is 94.9 Å². The van der Waals surface area contributed by atoms with Crippen molar-refractivity contribution in [3.8, 4) is 0 Å². The van der Waals surface area contributed by atoms with Crippen LogP contribution in [0, 0.1) is 0 Å². The number of aromatic nitrogens is 4. The van der Waals surface area contributed by atoms with Gasteiger partial charge in [-0.15, -0.1) is 0 Å². The Morgan fingerprint density at radius 2 is 0.775 bits per heavy atom. The molecule has 0 radical (unpaired) electrons. The summed E-state index contributed by atoms with van der Waals surface area (Å²) in [7, 11) is 2.64. The lowest BCUT2D eigenvalue weighted by molar-refractivity contribution is -0.107. The number of carbonyl (C=O) groups is 5. The average Bonchev–Trinajstić information content (AvgIpc) is 3.71. The van der Waals surface area contributed by atoms with Gasteiger partial charge in [0.1, 0.15) is 29.1 Å². The molecule has 4 heterocycles. The van der Waals surface area contributed by atoms with Crippen LogP contribution in [-0.2, 0) is 49.6 Å². The number of pyridine rings is 4. The smallest absolute Gasteiger partial charge is 0.356 e. The van der Waals surface area contributed by atoms with Crippen LogP contribution in [-0.4, -0.2) is 97.0 Å². The van der Waals surface area contributed by atoms with Crippen molar-refractivity contribution in [1.29, 1.82) is 0 Å².